The van der Waals surface area contributed by atoms with Crippen molar-refractivity contribution in [1.29, 1.82) is 0 Å². The van der Waals surface area contributed by atoms with E-state index in [-0.39, 0.29) is 49.3 Å². The van der Waals surface area contributed by atoms with Crippen molar-refractivity contribution in [2.45, 2.75) is 63.5 Å². The Bertz CT molecular complexity index is 1000. The third-order valence-electron chi connectivity index (χ3n) is 6.67. The number of alkyl carbamates (subject to hydrolysis) is 1. The second kappa shape index (κ2) is 10.7. The molecule has 2 aromatic rings. The molecular formula is C27H32N2O5. The fourth-order valence-corrected chi connectivity index (χ4v) is 4.89. The van der Waals surface area contributed by atoms with E-state index in [1.807, 2.05) is 31.2 Å². The quantitative estimate of drug-likeness (QED) is 0.456. The van der Waals surface area contributed by atoms with Crippen molar-refractivity contribution < 1.29 is 24.2 Å². The lowest BCUT2D eigenvalue weighted by molar-refractivity contribution is -0.137. The van der Waals surface area contributed by atoms with E-state index in [1.54, 1.807) is 0 Å². The minimum Gasteiger partial charge on any atom is -0.481 e. The lowest BCUT2D eigenvalue weighted by Gasteiger charge is -2.21. The summed E-state index contributed by atoms with van der Waals surface area (Å²) >= 11 is 0. The SMILES string of the molecule is CCC[C@@H](CC(=O)NC(CC(=O)O)C1CC1)NC(=O)OCC1c2ccccc2-c2ccccc21. The molecule has 0 saturated heterocycles. The van der Waals surface area contributed by atoms with Gasteiger partial charge in [-0.25, -0.2) is 4.79 Å². The number of carboxylic acids is 1. The van der Waals surface area contributed by atoms with E-state index < -0.39 is 12.1 Å². The number of carboxylic acid groups (broad SMARTS) is 1. The number of rotatable bonds is 11. The second-order valence-corrected chi connectivity index (χ2v) is 9.27. The van der Waals surface area contributed by atoms with E-state index in [9.17, 15) is 14.4 Å². The van der Waals surface area contributed by atoms with Crippen LogP contribution in [-0.4, -0.2) is 41.8 Å². The first-order valence-electron chi connectivity index (χ1n) is 12.1. The van der Waals surface area contributed by atoms with Gasteiger partial charge in [-0.05, 0) is 47.4 Å². The van der Waals surface area contributed by atoms with Crippen LogP contribution in [0.4, 0.5) is 4.79 Å². The molecule has 2 atom stereocenters. The summed E-state index contributed by atoms with van der Waals surface area (Å²) in [6, 6.07) is 15.6. The van der Waals surface area contributed by atoms with Gasteiger partial charge in [-0.2, -0.15) is 0 Å². The van der Waals surface area contributed by atoms with Crippen LogP contribution in [0.5, 0.6) is 0 Å². The monoisotopic (exact) mass is 464 g/mol. The predicted molar refractivity (Wildman–Crippen MR) is 128 cm³/mol. The van der Waals surface area contributed by atoms with E-state index in [0.717, 1.165) is 30.4 Å². The Hall–Kier alpha value is -3.35. The van der Waals surface area contributed by atoms with Crippen LogP contribution in [0, 0.1) is 5.92 Å². The van der Waals surface area contributed by atoms with Crippen molar-refractivity contribution >= 4 is 18.0 Å². The van der Waals surface area contributed by atoms with Crippen molar-refractivity contribution in [3.63, 3.8) is 0 Å². The standard InChI is InChI=1S/C27H32N2O5/c1-2-7-18(14-25(30)29-24(15-26(31)32)17-12-13-17)28-27(33)34-16-23-21-10-5-3-8-19(21)20-9-4-6-11-22(20)23/h3-6,8-11,17-18,23-24H,2,7,12-16H2,1H3,(H,28,33)(H,29,30)(H,31,32)/t18-,24?/m0/s1. The molecule has 2 aromatic carbocycles. The minimum atomic E-state index is -0.918. The number of amides is 2. The summed E-state index contributed by atoms with van der Waals surface area (Å²) in [5.41, 5.74) is 4.62. The molecule has 2 amide bonds. The smallest absolute Gasteiger partial charge is 0.407 e. The molecule has 3 N–H and O–H groups in total. The molecule has 0 spiro atoms. The molecule has 7 nitrogen and oxygen atoms in total. The highest BCUT2D eigenvalue weighted by molar-refractivity contribution is 5.80. The van der Waals surface area contributed by atoms with E-state index in [2.05, 4.69) is 34.9 Å². The molecule has 0 aromatic heterocycles. The normalized spacial score (nSPS) is 16.1. The summed E-state index contributed by atoms with van der Waals surface area (Å²) in [5.74, 6) is -0.948. The van der Waals surface area contributed by atoms with Gasteiger partial charge in [0.1, 0.15) is 6.61 Å². The largest absolute Gasteiger partial charge is 0.481 e. The molecule has 180 valence electrons. The van der Waals surface area contributed by atoms with Crippen LogP contribution in [-0.2, 0) is 14.3 Å². The Morgan fingerprint density at radius 2 is 1.59 bits per heavy atom. The highest BCUT2D eigenvalue weighted by Crippen LogP contribution is 2.44. The van der Waals surface area contributed by atoms with Crippen LogP contribution >= 0.6 is 0 Å². The zero-order valence-electron chi connectivity index (χ0n) is 19.5. The maximum Gasteiger partial charge on any atom is 0.407 e. The number of carbonyl (C=O) groups is 3. The molecule has 7 heteroatoms. The molecule has 1 saturated carbocycles. The molecule has 1 unspecified atom stereocenters. The van der Waals surface area contributed by atoms with E-state index in [0.29, 0.717) is 6.42 Å². The van der Waals surface area contributed by atoms with Crippen LogP contribution in [0.3, 0.4) is 0 Å². The molecule has 0 bridgehead atoms. The highest BCUT2D eigenvalue weighted by Gasteiger charge is 2.34. The lowest BCUT2D eigenvalue weighted by Crippen LogP contribution is -2.43. The van der Waals surface area contributed by atoms with Gasteiger partial charge in [0.2, 0.25) is 5.91 Å². The number of hydrogen-bond donors (Lipinski definition) is 3. The minimum absolute atomic E-state index is 0.0265. The van der Waals surface area contributed by atoms with Gasteiger partial charge in [-0.1, -0.05) is 61.9 Å². The Labute approximate surface area is 199 Å². The van der Waals surface area contributed by atoms with E-state index in [4.69, 9.17) is 9.84 Å². The molecule has 34 heavy (non-hydrogen) atoms. The summed E-state index contributed by atoms with van der Waals surface area (Å²) in [5, 5.41) is 14.8. The van der Waals surface area contributed by atoms with Crippen LogP contribution < -0.4 is 10.6 Å². The fraction of sp³-hybridized carbons (Fsp3) is 0.444. The third kappa shape index (κ3) is 5.76. The number of benzene rings is 2. The number of hydrogen-bond acceptors (Lipinski definition) is 4. The molecule has 0 heterocycles. The zero-order valence-corrected chi connectivity index (χ0v) is 19.5. The summed E-state index contributed by atoms with van der Waals surface area (Å²) in [7, 11) is 0. The number of fused-ring (bicyclic) bond motifs is 3. The van der Waals surface area contributed by atoms with Crippen molar-refractivity contribution in [2.75, 3.05) is 6.61 Å². The van der Waals surface area contributed by atoms with Gasteiger partial charge in [0.05, 0.1) is 6.42 Å². The maximum absolute atomic E-state index is 12.6. The van der Waals surface area contributed by atoms with Crippen molar-refractivity contribution in [1.82, 2.24) is 10.6 Å². The average Bonchev–Trinajstić information content (AvgIpc) is 3.60. The fourth-order valence-electron chi connectivity index (χ4n) is 4.89. The van der Waals surface area contributed by atoms with Crippen molar-refractivity contribution in [3.05, 3.63) is 59.7 Å². The third-order valence-corrected chi connectivity index (χ3v) is 6.67. The maximum atomic E-state index is 12.6. The van der Waals surface area contributed by atoms with Crippen LogP contribution in [0.15, 0.2) is 48.5 Å². The summed E-state index contributed by atoms with van der Waals surface area (Å²) in [6.07, 6.45) is 2.78. The van der Waals surface area contributed by atoms with Gasteiger partial charge >= 0.3 is 12.1 Å². The van der Waals surface area contributed by atoms with Crippen LogP contribution in [0.1, 0.15) is 62.5 Å². The van der Waals surface area contributed by atoms with Gasteiger partial charge < -0.3 is 20.5 Å². The van der Waals surface area contributed by atoms with Gasteiger partial charge in [0.15, 0.2) is 0 Å². The Balaban J connectivity index is 1.33. The Morgan fingerprint density at radius 1 is 0.971 bits per heavy atom. The first kappa shape index (κ1) is 23.8. The number of ether oxygens (including phenoxy) is 1. The molecule has 0 radical (unpaired) electrons. The summed E-state index contributed by atoms with van der Waals surface area (Å²) < 4.78 is 5.62. The Morgan fingerprint density at radius 3 is 2.15 bits per heavy atom. The average molecular weight is 465 g/mol. The highest BCUT2D eigenvalue weighted by atomic mass is 16.5. The van der Waals surface area contributed by atoms with Crippen molar-refractivity contribution in [2.24, 2.45) is 5.92 Å². The summed E-state index contributed by atoms with van der Waals surface area (Å²) in [6.45, 7) is 2.20. The van der Waals surface area contributed by atoms with Crippen LogP contribution in [0.25, 0.3) is 11.1 Å². The zero-order chi connectivity index (χ0) is 24.1. The topological polar surface area (TPSA) is 105 Å². The van der Waals surface area contributed by atoms with E-state index in [1.165, 1.54) is 11.1 Å². The molecule has 0 aliphatic heterocycles. The Kier molecular flexibility index (Phi) is 7.50. The predicted octanol–water partition coefficient (Wildman–Crippen LogP) is 4.45. The van der Waals surface area contributed by atoms with Crippen molar-refractivity contribution in [3.8, 4) is 11.1 Å². The van der Waals surface area contributed by atoms with Gasteiger partial charge in [-0.15, -0.1) is 0 Å². The molecule has 2 aliphatic carbocycles. The number of aliphatic carboxylic acids is 1. The van der Waals surface area contributed by atoms with Gasteiger partial charge in [0, 0.05) is 24.4 Å². The van der Waals surface area contributed by atoms with Gasteiger partial charge in [-0.3, -0.25) is 9.59 Å². The molecule has 1 fully saturated rings. The molecule has 2 aliphatic rings. The molecule has 4 rings (SSSR count). The van der Waals surface area contributed by atoms with Gasteiger partial charge in [0.25, 0.3) is 0 Å². The number of carbonyl (C=O) groups excluding carboxylic acids is 2. The van der Waals surface area contributed by atoms with Crippen LogP contribution in [0.2, 0.25) is 0 Å². The second-order valence-electron chi connectivity index (χ2n) is 9.27. The van der Waals surface area contributed by atoms with E-state index >= 15 is 0 Å². The number of nitrogens with one attached hydrogen (secondary N) is 2. The first-order valence-corrected chi connectivity index (χ1v) is 12.1. The summed E-state index contributed by atoms with van der Waals surface area (Å²) in [4.78, 5) is 36.3. The first-order chi connectivity index (χ1) is 16.5. The molecular weight excluding hydrogens is 432 g/mol. The lowest BCUT2D eigenvalue weighted by atomic mass is 9.98.